The minimum absolute atomic E-state index is 0.169. The molecule has 0 heterocycles. The molecule has 0 unspecified atom stereocenters. The number of carbonyl (C=O) groups is 1. The van der Waals surface area contributed by atoms with Crippen LogP contribution in [0.15, 0.2) is 0 Å². The van der Waals surface area contributed by atoms with Gasteiger partial charge in [-0.25, -0.2) is 0 Å². The van der Waals surface area contributed by atoms with Crippen LogP contribution in [0.1, 0.15) is 57.8 Å². The van der Waals surface area contributed by atoms with Gasteiger partial charge in [-0.1, -0.05) is 19.3 Å². The van der Waals surface area contributed by atoms with Gasteiger partial charge in [0.1, 0.15) is 0 Å². The third-order valence-corrected chi connectivity index (χ3v) is 4.54. The molecule has 0 saturated heterocycles. The second-order valence-corrected chi connectivity index (χ2v) is 6.17. The summed E-state index contributed by atoms with van der Waals surface area (Å²) in [7, 11) is 1.94. The van der Waals surface area contributed by atoms with Crippen molar-refractivity contribution in [2.45, 2.75) is 63.3 Å². The molecular weight excluding hydrogens is 212 g/mol. The number of nitrogens with two attached hydrogens (primary N) is 1. The quantitative estimate of drug-likeness (QED) is 0.817. The molecule has 2 fully saturated rings. The molecule has 2 N–H and O–H groups in total. The SMILES string of the molecule is CN(CC1CCCCC1)C(=O)CC1(N)CCC1. The molecule has 2 saturated carbocycles. The predicted molar refractivity (Wildman–Crippen MR) is 69.6 cm³/mol. The van der Waals surface area contributed by atoms with Gasteiger partial charge >= 0.3 is 0 Å². The van der Waals surface area contributed by atoms with E-state index >= 15 is 0 Å². The van der Waals surface area contributed by atoms with E-state index in [1.54, 1.807) is 0 Å². The topological polar surface area (TPSA) is 46.3 Å². The summed E-state index contributed by atoms with van der Waals surface area (Å²) < 4.78 is 0. The average Bonchev–Trinajstić information content (AvgIpc) is 2.28. The van der Waals surface area contributed by atoms with Crippen LogP contribution in [0.2, 0.25) is 0 Å². The van der Waals surface area contributed by atoms with Gasteiger partial charge in [0, 0.05) is 25.6 Å². The maximum absolute atomic E-state index is 12.1. The van der Waals surface area contributed by atoms with Crippen LogP contribution < -0.4 is 5.73 Å². The van der Waals surface area contributed by atoms with E-state index in [9.17, 15) is 4.79 Å². The van der Waals surface area contributed by atoms with E-state index in [4.69, 9.17) is 5.73 Å². The van der Waals surface area contributed by atoms with Gasteiger partial charge in [-0.3, -0.25) is 4.79 Å². The zero-order valence-corrected chi connectivity index (χ0v) is 11.1. The number of carbonyl (C=O) groups excluding carboxylic acids is 1. The molecule has 0 aromatic rings. The first kappa shape index (κ1) is 12.9. The molecule has 2 rings (SSSR count). The van der Waals surface area contributed by atoms with Crippen LogP contribution in [-0.4, -0.2) is 29.9 Å². The summed E-state index contributed by atoms with van der Waals surface area (Å²) in [6.07, 6.45) is 10.4. The molecule has 3 nitrogen and oxygen atoms in total. The van der Waals surface area contributed by atoms with Crippen LogP contribution in [0.5, 0.6) is 0 Å². The summed E-state index contributed by atoms with van der Waals surface area (Å²) in [6.45, 7) is 0.939. The molecule has 0 atom stereocenters. The molecule has 98 valence electrons. The molecule has 0 bridgehead atoms. The second-order valence-electron chi connectivity index (χ2n) is 6.17. The monoisotopic (exact) mass is 238 g/mol. The first-order valence-electron chi connectivity index (χ1n) is 7.12. The van der Waals surface area contributed by atoms with Gasteiger partial charge < -0.3 is 10.6 Å². The number of hydrogen-bond acceptors (Lipinski definition) is 2. The summed E-state index contributed by atoms with van der Waals surface area (Å²) in [6, 6.07) is 0. The Balaban J connectivity index is 1.74. The van der Waals surface area contributed by atoms with Crippen LogP contribution in [0, 0.1) is 5.92 Å². The number of rotatable bonds is 4. The van der Waals surface area contributed by atoms with Gasteiger partial charge in [-0.2, -0.15) is 0 Å². The molecular formula is C14H26N2O. The lowest BCUT2D eigenvalue weighted by Crippen LogP contribution is -2.50. The van der Waals surface area contributed by atoms with Crippen LogP contribution in [0.3, 0.4) is 0 Å². The van der Waals surface area contributed by atoms with Crippen molar-refractivity contribution in [3.8, 4) is 0 Å². The van der Waals surface area contributed by atoms with Gasteiger partial charge in [-0.05, 0) is 38.0 Å². The Bertz CT molecular complexity index is 267. The Labute approximate surface area is 105 Å². The summed E-state index contributed by atoms with van der Waals surface area (Å²) in [5.74, 6) is 0.977. The summed E-state index contributed by atoms with van der Waals surface area (Å²) in [4.78, 5) is 14.0. The van der Waals surface area contributed by atoms with E-state index in [0.717, 1.165) is 25.3 Å². The number of nitrogens with zero attached hydrogens (tertiary/aromatic N) is 1. The van der Waals surface area contributed by atoms with Crippen LogP contribution in [0.4, 0.5) is 0 Å². The van der Waals surface area contributed by atoms with E-state index in [0.29, 0.717) is 6.42 Å². The first-order valence-corrected chi connectivity index (χ1v) is 7.12. The molecule has 0 spiro atoms. The molecule has 2 aliphatic carbocycles. The molecule has 0 aliphatic heterocycles. The van der Waals surface area contributed by atoms with Gasteiger partial charge in [0.25, 0.3) is 0 Å². The van der Waals surface area contributed by atoms with Gasteiger partial charge in [0.05, 0.1) is 0 Å². The van der Waals surface area contributed by atoms with Crippen LogP contribution in [-0.2, 0) is 4.79 Å². The van der Waals surface area contributed by atoms with Crippen LogP contribution >= 0.6 is 0 Å². The molecule has 3 heteroatoms. The fourth-order valence-electron chi connectivity index (χ4n) is 3.10. The van der Waals surface area contributed by atoms with Crippen molar-refractivity contribution in [1.29, 1.82) is 0 Å². The Kier molecular flexibility index (Phi) is 4.08. The third kappa shape index (κ3) is 3.44. The lowest BCUT2D eigenvalue weighted by atomic mass is 9.75. The van der Waals surface area contributed by atoms with Gasteiger partial charge in [0.2, 0.25) is 5.91 Å². The predicted octanol–water partition coefficient (Wildman–Crippen LogP) is 2.30. The Hall–Kier alpha value is -0.570. The van der Waals surface area contributed by atoms with E-state index in [1.165, 1.54) is 38.5 Å². The van der Waals surface area contributed by atoms with E-state index < -0.39 is 0 Å². The minimum atomic E-state index is -0.169. The fraction of sp³-hybridized carbons (Fsp3) is 0.929. The third-order valence-electron chi connectivity index (χ3n) is 4.54. The molecule has 0 radical (unpaired) electrons. The highest BCUT2D eigenvalue weighted by atomic mass is 16.2. The van der Waals surface area contributed by atoms with Crippen molar-refractivity contribution in [3.05, 3.63) is 0 Å². The highest BCUT2D eigenvalue weighted by Crippen LogP contribution is 2.32. The summed E-state index contributed by atoms with van der Waals surface area (Å²) >= 11 is 0. The van der Waals surface area contributed by atoms with Crippen molar-refractivity contribution < 1.29 is 4.79 Å². The Morgan fingerprint density at radius 1 is 1.24 bits per heavy atom. The van der Waals surface area contributed by atoms with Crippen molar-refractivity contribution in [2.75, 3.05) is 13.6 Å². The van der Waals surface area contributed by atoms with Crippen molar-refractivity contribution in [2.24, 2.45) is 11.7 Å². The Morgan fingerprint density at radius 2 is 1.88 bits per heavy atom. The smallest absolute Gasteiger partial charge is 0.224 e. The largest absolute Gasteiger partial charge is 0.345 e. The van der Waals surface area contributed by atoms with Crippen molar-refractivity contribution in [3.63, 3.8) is 0 Å². The number of amides is 1. The minimum Gasteiger partial charge on any atom is -0.345 e. The van der Waals surface area contributed by atoms with Gasteiger partial charge in [-0.15, -0.1) is 0 Å². The van der Waals surface area contributed by atoms with Crippen LogP contribution in [0.25, 0.3) is 0 Å². The van der Waals surface area contributed by atoms with Crippen molar-refractivity contribution in [1.82, 2.24) is 4.90 Å². The zero-order valence-electron chi connectivity index (χ0n) is 11.1. The molecule has 0 aromatic heterocycles. The standard InChI is InChI=1S/C14H26N2O/c1-16(11-12-6-3-2-4-7-12)13(17)10-14(15)8-5-9-14/h12H,2-11,15H2,1H3. The normalized spacial score (nSPS) is 24.1. The van der Waals surface area contributed by atoms with Crippen molar-refractivity contribution >= 4 is 5.91 Å². The summed E-state index contributed by atoms with van der Waals surface area (Å²) in [5.41, 5.74) is 5.96. The molecule has 2 aliphatic rings. The fourth-order valence-corrected chi connectivity index (χ4v) is 3.10. The average molecular weight is 238 g/mol. The lowest BCUT2D eigenvalue weighted by molar-refractivity contribution is -0.132. The first-order chi connectivity index (χ1) is 8.09. The molecule has 1 amide bonds. The maximum Gasteiger partial charge on any atom is 0.224 e. The van der Waals surface area contributed by atoms with E-state index in [2.05, 4.69) is 0 Å². The highest BCUT2D eigenvalue weighted by Gasteiger charge is 2.35. The van der Waals surface area contributed by atoms with Gasteiger partial charge in [0.15, 0.2) is 0 Å². The van der Waals surface area contributed by atoms with E-state index in [-0.39, 0.29) is 11.4 Å². The molecule has 17 heavy (non-hydrogen) atoms. The Morgan fingerprint density at radius 3 is 2.41 bits per heavy atom. The maximum atomic E-state index is 12.1. The highest BCUT2D eigenvalue weighted by molar-refractivity contribution is 5.77. The number of hydrogen-bond donors (Lipinski definition) is 1. The summed E-state index contributed by atoms with van der Waals surface area (Å²) in [5, 5.41) is 0. The van der Waals surface area contributed by atoms with E-state index in [1.807, 2.05) is 11.9 Å². The zero-order chi connectivity index (χ0) is 12.3. The lowest BCUT2D eigenvalue weighted by Gasteiger charge is -2.39. The second kappa shape index (κ2) is 5.38. The molecule has 0 aromatic carbocycles.